The maximum atomic E-state index is 12.2. The van der Waals surface area contributed by atoms with Gasteiger partial charge in [-0.15, -0.1) is 0 Å². The van der Waals surface area contributed by atoms with Gasteiger partial charge in [0, 0.05) is 42.9 Å². The van der Waals surface area contributed by atoms with Gasteiger partial charge in [-0.3, -0.25) is 9.59 Å². The molecule has 0 aliphatic carbocycles. The van der Waals surface area contributed by atoms with Gasteiger partial charge in [-0.25, -0.2) is 0 Å². The van der Waals surface area contributed by atoms with Crippen LogP contribution in [0.2, 0.25) is 0 Å². The summed E-state index contributed by atoms with van der Waals surface area (Å²) >= 11 is 0. The maximum Gasteiger partial charge on any atom is 0.250 e. The molecule has 0 bridgehead atoms. The minimum absolute atomic E-state index is 0.00336. The van der Waals surface area contributed by atoms with E-state index < -0.39 is 0 Å². The van der Waals surface area contributed by atoms with Crippen molar-refractivity contribution in [3.05, 3.63) is 48.5 Å². The number of nitrogens with one attached hydrogen (secondary N) is 3. The number of rotatable bonds is 8. The highest BCUT2D eigenvalue weighted by Gasteiger charge is 2.12. The number of hydrogen-bond acceptors (Lipinski definition) is 5. The van der Waals surface area contributed by atoms with E-state index in [1.165, 1.54) is 25.6 Å². The highest BCUT2D eigenvalue weighted by Crippen LogP contribution is 2.22. The Bertz CT molecular complexity index is 802. The lowest BCUT2D eigenvalue weighted by Crippen LogP contribution is -2.22. The molecular weight excluding hydrogens is 356 g/mol. The number of hydrogen-bond donors (Lipinski definition) is 3. The van der Waals surface area contributed by atoms with Gasteiger partial charge in [-0.2, -0.15) is 0 Å². The first kappa shape index (κ1) is 19.7. The Kier molecular flexibility index (Phi) is 6.86. The van der Waals surface area contributed by atoms with Gasteiger partial charge in [-0.1, -0.05) is 6.07 Å². The molecule has 28 heavy (non-hydrogen) atoms. The molecule has 1 aliphatic rings. The van der Waals surface area contributed by atoms with Gasteiger partial charge in [0.25, 0.3) is 0 Å². The molecule has 3 rings (SSSR count). The van der Waals surface area contributed by atoms with Gasteiger partial charge in [-0.05, 0) is 55.3 Å². The van der Waals surface area contributed by atoms with Crippen molar-refractivity contribution in [2.45, 2.75) is 12.8 Å². The number of ether oxygens (including phenoxy) is 1. The first-order chi connectivity index (χ1) is 13.6. The Morgan fingerprint density at radius 1 is 0.929 bits per heavy atom. The summed E-state index contributed by atoms with van der Waals surface area (Å²) in [6.07, 6.45) is 2.48. The highest BCUT2D eigenvalue weighted by atomic mass is 16.5. The van der Waals surface area contributed by atoms with E-state index in [1.807, 2.05) is 30.3 Å². The van der Waals surface area contributed by atoms with Crippen LogP contribution in [0.15, 0.2) is 48.5 Å². The van der Waals surface area contributed by atoms with E-state index in [2.05, 4.69) is 20.9 Å². The van der Waals surface area contributed by atoms with Crippen LogP contribution in [0, 0.1) is 0 Å². The van der Waals surface area contributed by atoms with Gasteiger partial charge < -0.3 is 25.6 Å². The van der Waals surface area contributed by atoms with Crippen molar-refractivity contribution < 1.29 is 14.3 Å². The molecule has 0 radical (unpaired) electrons. The number of amides is 2. The SMILES string of the molecule is COCC(=O)Nc1cccc(NCC(=O)Nc2ccc(N3CCCC3)cc2)c1. The fraction of sp³-hybridized carbons (Fsp3) is 0.333. The van der Waals surface area contributed by atoms with Gasteiger partial charge in [0.2, 0.25) is 11.8 Å². The van der Waals surface area contributed by atoms with Crippen LogP contribution < -0.4 is 20.9 Å². The summed E-state index contributed by atoms with van der Waals surface area (Å²) < 4.78 is 4.79. The van der Waals surface area contributed by atoms with E-state index in [1.54, 1.807) is 18.2 Å². The molecule has 1 heterocycles. The summed E-state index contributed by atoms with van der Waals surface area (Å²) in [5.41, 5.74) is 3.36. The quantitative estimate of drug-likeness (QED) is 0.654. The van der Waals surface area contributed by atoms with E-state index in [0.717, 1.165) is 24.5 Å². The first-order valence-electron chi connectivity index (χ1n) is 9.41. The zero-order valence-electron chi connectivity index (χ0n) is 16.0. The fourth-order valence-electron chi connectivity index (χ4n) is 3.15. The van der Waals surface area contributed by atoms with Crippen LogP contribution in [-0.2, 0) is 14.3 Å². The summed E-state index contributed by atoms with van der Waals surface area (Å²) in [6.45, 7) is 2.32. The van der Waals surface area contributed by atoms with Crippen LogP contribution in [0.1, 0.15) is 12.8 Å². The molecule has 1 saturated heterocycles. The molecular formula is C21H26N4O3. The number of nitrogens with zero attached hydrogens (tertiary/aromatic N) is 1. The third-order valence-corrected chi connectivity index (χ3v) is 4.50. The molecule has 2 aromatic carbocycles. The average Bonchev–Trinajstić information content (AvgIpc) is 3.22. The van der Waals surface area contributed by atoms with Crippen LogP contribution in [0.5, 0.6) is 0 Å². The van der Waals surface area contributed by atoms with Crippen LogP contribution >= 0.6 is 0 Å². The van der Waals surface area contributed by atoms with Gasteiger partial charge in [0.05, 0.1) is 6.54 Å². The van der Waals surface area contributed by atoms with Crippen LogP contribution in [-0.4, -0.2) is 45.2 Å². The lowest BCUT2D eigenvalue weighted by molar-refractivity contribution is -0.119. The molecule has 7 nitrogen and oxygen atoms in total. The van der Waals surface area contributed by atoms with Crippen molar-refractivity contribution in [2.75, 3.05) is 54.2 Å². The third kappa shape index (κ3) is 5.72. The lowest BCUT2D eigenvalue weighted by atomic mass is 10.2. The van der Waals surface area contributed by atoms with Crippen LogP contribution in [0.4, 0.5) is 22.7 Å². The van der Waals surface area contributed by atoms with E-state index >= 15 is 0 Å². The van der Waals surface area contributed by atoms with Gasteiger partial charge >= 0.3 is 0 Å². The van der Waals surface area contributed by atoms with Crippen molar-refractivity contribution in [3.63, 3.8) is 0 Å². The number of anilines is 4. The average molecular weight is 382 g/mol. The molecule has 0 unspecified atom stereocenters. The molecule has 7 heteroatoms. The van der Waals surface area contributed by atoms with Crippen molar-refractivity contribution in [1.82, 2.24) is 0 Å². The molecule has 0 saturated carbocycles. The highest BCUT2D eigenvalue weighted by molar-refractivity contribution is 5.94. The number of methoxy groups -OCH3 is 1. The largest absolute Gasteiger partial charge is 0.376 e. The second-order valence-corrected chi connectivity index (χ2v) is 6.70. The van der Waals surface area contributed by atoms with E-state index in [0.29, 0.717) is 5.69 Å². The minimum atomic E-state index is -0.227. The minimum Gasteiger partial charge on any atom is -0.376 e. The van der Waals surface area contributed by atoms with Crippen LogP contribution in [0.25, 0.3) is 0 Å². The lowest BCUT2D eigenvalue weighted by Gasteiger charge is -2.17. The van der Waals surface area contributed by atoms with Crippen molar-refractivity contribution in [2.24, 2.45) is 0 Å². The second kappa shape index (κ2) is 9.75. The zero-order chi connectivity index (χ0) is 19.8. The standard InChI is InChI=1S/C21H26N4O3/c1-28-15-21(27)24-18-6-4-5-17(13-18)22-14-20(26)23-16-7-9-19(10-8-16)25-11-2-3-12-25/h4-10,13,22H,2-3,11-12,14-15H2,1H3,(H,23,26)(H,24,27). The van der Waals surface area contributed by atoms with E-state index in [9.17, 15) is 9.59 Å². The Balaban J connectivity index is 1.48. The smallest absolute Gasteiger partial charge is 0.250 e. The molecule has 1 aliphatic heterocycles. The molecule has 0 aromatic heterocycles. The Morgan fingerprint density at radius 2 is 1.61 bits per heavy atom. The predicted molar refractivity (Wildman–Crippen MR) is 112 cm³/mol. The van der Waals surface area contributed by atoms with E-state index in [4.69, 9.17) is 4.74 Å². The monoisotopic (exact) mass is 382 g/mol. The Hall–Kier alpha value is -3.06. The van der Waals surface area contributed by atoms with E-state index in [-0.39, 0.29) is 25.0 Å². The zero-order valence-corrected chi connectivity index (χ0v) is 16.0. The van der Waals surface area contributed by atoms with Crippen LogP contribution in [0.3, 0.4) is 0 Å². The third-order valence-electron chi connectivity index (χ3n) is 4.50. The van der Waals surface area contributed by atoms with Crippen molar-refractivity contribution in [3.8, 4) is 0 Å². The molecule has 148 valence electrons. The second-order valence-electron chi connectivity index (χ2n) is 6.70. The molecule has 3 N–H and O–H groups in total. The Morgan fingerprint density at radius 3 is 2.32 bits per heavy atom. The molecule has 2 aromatic rings. The number of carbonyl (C=O) groups is 2. The number of benzene rings is 2. The molecule has 0 atom stereocenters. The topological polar surface area (TPSA) is 82.7 Å². The molecule has 0 spiro atoms. The summed E-state index contributed by atoms with van der Waals surface area (Å²) in [5, 5.41) is 8.68. The van der Waals surface area contributed by atoms with Gasteiger partial charge in [0.15, 0.2) is 0 Å². The van der Waals surface area contributed by atoms with Gasteiger partial charge in [0.1, 0.15) is 6.61 Å². The summed E-state index contributed by atoms with van der Waals surface area (Å²) in [7, 11) is 1.47. The Labute approximate surface area is 165 Å². The maximum absolute atomic E-state index is 12.2. The summed E-state index contributed by atoms with van der Waals surface area (Å²) in [6, 6.07) is 15.1. The molecule has 1 fully saturated rings. The normalized spacial score (nSPS) is 13.2. The molecule has 2 amide bonds. The summed E-state index contributed by atoms with van der Waals surface area (Å²) in [4.78, 5) is 26.1. The summed E-state index contributed by atoms with van der Waals surface area (Å²) in [5.74, 6) is -0.363. The van der Waals surface area contributed by atoms with Crippen molar-refractivity contribution in [1.29, 1.82) is 0 Å². The predicted octanol–water partition coefficient (Wildman–Crippen LogP) is 2.92. The fourth-order valence-corrected chi connectivity index (χ4v) is 3.15. The number of carbonyl (C=O) groups excluding carboxylic acids is 2. The first-order valence-corrected chi connectivity index (χ1v) is 9.41. The van der Waals surface area contributed by atoms with Crippen molar-refractivity contribution >= 4 is 34.6 Å².